The number of nitrogens with one attached hydrogen (secondary N) is 1. The van der Waals surface area contributed by atoms with Crippen molar-refractivity contribution >= 4 is 17.5 Å². The molecule has 2 amide bonds. The topological polar surface area (TPSA) is 80.4 Å². The molecule has 1 aliphatic heterocycles. The van der Waals surface area contributed by atoms with Gasteiger partial charge >= 0.3 is 0 Å². The van der Waals surface area contributed by atoms with Crippen LogP contribution in [0.4, 0.5) is 5.69 Å². The maximum absolute atomic E-state index is 13.9. The lowest BCUT2D eigenvalue weighted by Gasteiger charge is -2.43. The number of carbonyl (C=O) groups excluding carboxylic acids is 2. The monoisotopic (exact) mass is 468 g/mol. The second kappa shape index (κ2) is 8.58. The Labute approximate surface area is 204 Å². The summed E-state index contributed by atoms with van der Waals surface area (Å²) in [6, 6.07) is 19.1. The van der Waals surface area contributed by atoms with Crippen molar-refractivity contribution in [2.45, 2.75) is 46.3 Å². The van der Waals surface area contributed by atoms with Crippen molar-refractivity contribution in [2.75, 3.05) is 4.90 Å². The van der Waals surface area contributed by atoms with Crippen LogP contribution < -0.4 is 10.2 Å². The molecule has 0 spiro atoms. The van der Waals surface area contributed by atoms with Gasteiger partial charge in [-0.05, 0) is 68.7 Å². The number of nitrogens with zero attached hydrogens (tertiary/aromatic N) is 3. The summed E-state index contributed by atoms with van der Waals surface area (Å²) in [6.07, 6.45) is 1.57. The summed E-state index contributed by atoms with van der Waals surface area (Å²) in [6.45, 7) is 8.42. The molecule has 1 aliphatic rings. The molecule has 5 rings (SSSR count). The van der Waals surface area contributed by atoms with Crippen LogP contribution in [0.1, 0.15) is 39.7 Å². The number of carbonyl (C=O) groups is 2. The predicted octanol–water partition coefficient (Wildman–Crippen LogP) is 4.80. The van der Waals surface area contributed by atoms with Crippen LogP contribution in [0.3, 0.4) is 0 Å². The minimum Gasteiger partial charge on any atom is -0.463 e. The Morgan fingerprint density at radius 2 is 1.83 bits per heavy atom. The highest BCUT2D eigenvalue weighted by molar-refractivity contribution is 6.12. The first-order valence-corrected chi connectivity index (χ1v) is 11.6. The smallest absolute Gasteiger partial charge is 0.277 e. The average Bonchev–Trinajstić information content (AvgIpc) is 3.51. The van der Waals surface area contributed by atoms with E-state index < -0.39 is 5.54 Å². The lowest BCUT2D eigenvalue weighted by Crippen LogP contribution is -2.64. The Morgan fingerprint density at radius 3 is 2.51 bits per heavy atom. The summed E-state index contributed by atoms with van der Waals surface area (Å²) in [7, 11) is 0. The fourth-order valence-corrected chi connectivity index (χ4v) is 4.47. The molecule has 0 radical (unpaired) electrons. The first-order chi connectivity index (χ1) is 16.8. The molecule has 7 nitrogen and oxygen atoms in total. The lowest BCUT2D eigenvalue weighted by molar-refractivity contribution is -0.126. The number of aromatic nitrogens is 2. The summed E-state index contributed by atoms with van der Waals surface area (Å²) >= 11 is 0. The number of rotatable bonds is 5. The van der Waals surface area contributed by atoms with Gasteiger partial charge in [0.2, 0.25) is 5.91 Å². The zero-order valence-electron chi connectivity index (χ0n) is 20.3. The number of amides is 2. The van der Waals surface area contributed by atoms with Crippen LogP contribution >= 0.6 is 0 Å². The van der Waals surface area contributed by atoms with E-state index in [9.17, 15) is 9.59 Å². The van der Waals surface area contributed by atoms with Gasteiger partial charge in [-0.2, -0.15) is 5.10 Å². The number of benzene rings is 2. The summed E-state index contributed by atoms with van der Waals surface area (Å²) in [5, 5.41) is 7.65. The molecule has 178 valence electrons. The molecule has 35 heavy (non-hydrogen) atoms. The van der Waals surface area contributed by atoms with E-state index in [-0.39, 0.29) is 18.4 Å². The minimum absolute atomic E-state index is 0.210. The third-order valence-electron chi connectivity index (χ3n) is 6.74. The first-order valence-electron chi connectivity index (χ1n) is 11.6. The summed E-state index contributed by atoms with van der Waals surface area (Å²) < 4.78 is 7.10. The molecule has 2 aromatic heterocycles. The summed E-state index contributed by atoms with van der Waals surface area (Å²) in [5.41, 5.74) is 4.78. The zero-order valence-corrected chi connectivity index (χ0v) is 20.3. The second-order valence-electron chi connectivity index (χ2n) is 9.40. The van der Waals surface area contributed by atoms with Gasteiger partial charge in [-0.3, -0.25) is 19.2 Å². The van der Waals surface area contributed by atoms with E-state index in [4.69, 9.17) is 4.42 Å². The van der Waals surface area contributed by atoms with Crippen molar-refractivity contribution in [3.05, 3.63) is 94.9 Å². The lowest BCUT2D eigenvalue weighted by atomic mass is 9.93. The Kier molecular flexibility index (Phi) is 5.55. The van der Waals surface area contributed by atoms with Crippen LogP contribution in [0, 0.1) is 20.8 Å². The van der Waals surface area contributed by atoms with E-state index >= 15 is 0 Å². The zero-order chi connectivity index (χ0) is 24.7. The maximum Gasteiger partial charge on any atom is 0.277 e. The normalized spacial score (nSPS) is 17.4. The van der Waals surface area contributed by atoms with Crippen molar-refractivity contribution in [1.82, 2.24) is 15.1 Å². The standard InChI is InChI=1S/C28H28N4O3/c1-18-7-10-21(11-8-18)16-29-27(34)28(4)17-31-24(15-23(30-31)25-6-5-13-35-25)26(33)32(28)22-12-9-19(2)20(3)14-22/h5-15H,16-17H2,1-4H3,(H,29,34)/t28-/m0/s1. The number of fused-ring (bicyclic) bond motifs is 1. The molecule has 1 N–H and O–H groups in total. The Balaban J connectivity index is 1.54. The molecule has 4 aromatic rings. The van der Waals surface area contributed by atoms with Crippen LogP contribution in [-0.4, -0.2) is 27.1 Å². The van der Waals surface area contributed by atoms with Gasteiger partial charge in [0.25, 0.3) is 5.91 Å². The number of hydrogen-bond donors (Lipinski definition) is 1. The molecule has 3 heterocycles. The maximum atomic E-state index is 13.9. The average molecular weight is 469 g/mol. The number of hydrogen-bond acceptors (Lipinski definition) is 4. The van der Waals surface area contributed by atoms with Crippen molar-refractivity contribution in [3.8, 4) is 11.5 Å². The molecular formula is C28H28N4O3. The van der Waals surface area contributed by atoms with Gasteiger partial charge in [-0.1, -0.05) is 35.9 Å². The van der Waals surface area contributed by atoms with E-state index in [1.807, 2.05) is 63.2 Å². The van der Waals surface area contributed by atoms with E-state index in [0.29, 0.717) is 29.4 Å². The van der Waals surface area contributed by atoms with Gasteiger partial charge in [-0.15, -0.1) is 0 Å². The Hall–Kier alpha value is -4.13. The van der Waals surface area contributed by atoms with Crippen LogP contribution in [0.25, 0.3) is 11.5 Å². The predicted molar refractivity (Wildman–Crippen MR) is 134 cm³/mol. The quantitative estimate of drug-likeness (QED) is 0.456. The number of furan rings is 1. The minimum atomic E-state index is -1.19. The summed E-state index contributed by atoms with van der Waals surface area (Å²) in [5.74, 6) is 0.0473. The van der Waals surface area contributed by atoms with E-state index in [2.05, 4.69) is 10.4 Å². The molecule has 7 heteroatoms. The molecule has 1 atom stereocenters. The third-order valence-corrected chi connectivity index (χ3v) is 6.74. The van der Waals surface area contributed by atoms with Gasteiger partial charge in [-0.25, -0.2) is 0 Å². The number of aryl methyl sites for hydroxylation is 3. The van der Waals surface area contributed by atoms with Crippen LogP contribution in [0.5, 0.6) is 0 Å². The van der Waals surface area contributed by atoms with Crippen molar-refractivity contribution in [3.63, 3.8) is 0 Å². The van der Waals surface area contributed by atoms with Crippen molar-refractivity contribution in [1.29, 1.82) is 0 Å². The highest BCUT2D eigenvalue weighted by Crippen LogP contribution is 2.35. The van der Waals surface area contributed by atoms with Gasteiger partial charge in [0.15, 0.2) is 5.76 Å². The molecule has 0 bridgehead atoms. The van der Waals surface area contributed by atoms with Crippen LogP contribution in [-0.2, 0) is 17.9 Å². The molecule has 0 unspecified atom stereocenters. The highest BCUT2D eigenvalue weighted by Gasteiger charge is 2.49. The number of anilines is 1. The molecule has 0 fully saturated rings. The van der Waals surface area contributed by atoms with E-state index in [0.717, 1.165) is 22.3 Å². The molecule has 2 aromatic carbocycles. The van der Waals surface area contributed by atoms with Gasteiger partial charge in [0.1, 0.15) is 16.9 Å². The van der Waals surface area contributed by atoms with Crippen molar-refractivity contribution < 1.29 is 14.0 Å². The van der Waals surface area contributed by atoms with Crippen molar-refractivity contribution in [2.24, 2.45) is 0 Å². The SMILES string of the molecule is Cc1ccc(CNC(=O)[C@]2(C)Cn3nc(-c4ccco4)cc3C(=O)N2c2ccc(C)c(C)c2)cc1. The van der Waals surface area contributed by atoms with Gasteiger partial charge < -0.3 is 9.73 Å². The van der Waals surface area contributed by atoms with Gasteiger partial charge in [0, 0.05) is 18.3 Å². The molecular weight excluding hydrogens is 440 g/mol. The second-order valence-corrected chi connectivity index (χ2v) is 9.40. The highest BCUT2D eigenvalue weighted by atomic mass is 16.3. The fraction of sp³-hybridized carbons (Fsp3) is 0.250. The largest absolute Gasteiger partial charge is 0.463 e. The molecule has 0 saturated heterocycles. The van der Waals surface area contributed by atoms with Crippen LogP contribution in [0.2, 0.25) is 0 Å². The molecule has 0 saturated carbocycles. The van der Waals surface area contributed by atoms with E-state index in [1.54, 1.807) is 41.0 Å². The molecule has 0 aliphatic carbocycles. The van der Waals surface area contributed by atoms with Gasteiger partial charge in [0.05, 0.1) is 12.8 Å². The first kappa shape index (κ1) is 22.7. The van der Waals surface area contributed by atoms with E-state index in [1.165, 1.54) is 0 Å². The summed E-state index contributed by atoms with van der Waals surface area (Å²) in [4.78, 5) is 29.2. The Bertz CT molecular complexity index is 1400. The third kappa shape index (κ3) is 4.03. The Morgan fingerprint density at radius 1 is 1.06 bits per heavy atom. The fourth-order valence-electron chi connectivity index (χ4n) is 4.47. The van der Waals surface area contributed by atoms with Crippen LogP contribution in [0.15, 0.2) is 71.3 Å².